The van der Waals surface area contributed by atoms with E-state index in [-0.39, 0.29) is 5.97 Å². The van der Waals surface area contributed by atoms with Crippen molar-refractivity contribution < 1.29 is 7.87 Å². The Balaban J connectivity index is 4.28. The van der Waals surface area contributed by atoms with Crippen LogP contribution in [-0.2, 0) is 7.87 Å². The van der Waals surface area contributed by atoms with Crippen LogP contribution in [0, 0.1) is 0 Å². The van der Waals surface area contributed by atoms with Crippen molar-refractivity contribution in [1.82, 2.24) is 0 Å². The summed E-state index contributed by atoms with van der Waals surface area (Å²) < 4.78 is 9.24. The first-order valence-corrected chi connectivity index (χ1v) is 13.1. The second-order valence-electron chi connectivity index (χ2n) is 3.82. The Morgan fingerprint density at radius 2 is 1.71 bits per heavy atom. The van der Waals surface area contributed by atoms with Crippen molar-refractivity contribution >= 4 is 24.8 Å². The molecule has 14 heavy (non-hydrogen) atoms. The summed E-state index contributed by atoms with van der Waals surface area (Å²) in [5.41, 5.74) is 0. The molecule has 0 radical (unpaired) electrons. The topological polar surface area (TPSA) is 26.3 Å². The van der Waals surface area contributed by atoms with Gasteiger partial charge in [-0.2, -0.15) is 0 Å². The number of carbonyl (C=O) groups is 1. The second-order valence-corrected chi connectivity index (χ2v) is 16.6. The van der Waals surface area contributed by atoms with E-state index in [9.17, 15) is 4.79 Å². The average Bonchev–Trinajstić information content (AvgIpc) is 2.24. The third-order valence-corrected chi connectivity index (χ3v) is 15.7. The zero-order valence-corrected chi connectivity index (χ0v) is 12.9. The Morgan fingerprint density at radius 1 is 1.14 bits per heavy atom. The van der Waals surface area contributed by atoms with Gasteiger partial charge in [0.05, 0.1) is 0 Å². The summed E-state index contributed by atoms with van der Waals surface area (Å²) in [6.45, 7) is 8.46. The molecular weight excluding hydrogens is 283 g/mol. The molecule has 3 heteroatoms. The maximum absolute atomic E-state index is 11.3. The van der Waals surface area contributed by atoms with Crippen molar-refractivity contribution in [2.75, 3.05) is 0 Å². The molecule has 0 aromatic heterocycles. The van der Waals surface area contributed by atoms with Gasteiger partial charge in [-0.1, -0.05) is 0 Å². The Bertz CT molecular complexity index is 165. The summed E-state index contributed by atoms with van der Waals surface area (Å²) in [4.78, 5) is 11.3. The van der Waals surface area contributed by atoms with E-state index < -0.39 is 18.8 Å². The first-order valence-electron chi connectivity index (χ1n) is 5.86. The molecule has 0 bridgehead atoms. The average molecular weight is 307 g/mol. The predicted molar refractivity (Wildman–Crippen MR) is 62.8 cm³/mol. The molecule has 0 N–H and O–H groups in total. The van der Waals surface area contributed by atoms with Crippen LogP contribution in [0.15, 0.2) is 0 Å². The number of rotatable bonds is 7. The number of carbonyl (C=O) groups excluding carboxylic acids is 1. The molecule has 0 aliphatic rings. The minimum atomic E-state index is -2.47. The number of unbranched alkanes of at least 4 members (excludes halogenated alkanes) is 1. The van der Waals surface area contributed by atoms with Crippen LogP contribution in [-0.4, -0.2) is 24.8 Å². The molecule has 0 saturated heterocycles. The van der Waals surface area contributed by atoms with Gasteiger partial charge in [-0.15, -0.1) is 0 Å². The van der Waals surface area contributed by atoms with Crippen LogP contribution in [0.4, 0.5) is 0 Å². The zero-order valence-electron chi connectivity index (χ0n) is 10.1. The second kappa shape index (κ2) is 7.55. The van der Waals surface area contributed by atoms with Crippen LogP contribution in [0.1, 0.15) is 47.0 Å². The van der Waals surface area contributed by atoms with Crippen LogP contribution >= 0.6 is 0 Å². The van der Waals surface area contributed by atoms with E-state index in [2.05, 4.69) is 20.8 Å². The summed E-state index contributed by atoms with van der Waals surface area (Å²) in [6, 6.07) is 0. The monoisotopic (exact) mass is 308 g/mol. The van der Waals surface area contributed by atoms with E-state index in [4.69, 9.17) is 3.07 Å². The van der Waals surface area contributed by atoms with Crippen molar-refractivity contribution in [3.8, 4) is 0 Å². The summed E-state index contributed by atoms with van der Waals surface area (Å²) in [7, 11) is 0. The molecule has 0 saturated carbocycles. The SMILES string of the molecule is CCC[CH2][Sn]([CH2]C)([CH2]C)[O]C(=O)CC. The normalized spacial score (nSPS) is 11.4. The van der Waals surface area contributed by atoms with Gasteiger partial charge >= 0.3 is 92.9 Å². The molecule has 0 aliphatic carbocycles. The molecule has 0 aromatic rings. The molecule has 0 spiro atoms. The summed E-state index contributed by atoms with van der Waals surface area (Å²) in [5.74, 6) is 0.0283. The van der Waals surface area contributed by atoms with Crippen molar-refractivity contribution in [1.29, 1.82) is 0 Å². The van der Waals surface area contributed by atoms with Gasteiger partial charge in [0.2, 0.25) is 0 Å². The van der Waals surface area contributed by atoms with Gasteiger partial charge in [-0.05, 0) is 0 Å². The Morgan fingerprint density at radius 3 is 2.07 bits per heavy atom. The fourth-order valence-electron chi connectivity index (χ4n) is 1.61. The molecule has 0 heterocycles. The zero-order chi connectivity index (χ0) is 11.0. The molecule has 0 rings (SSSR count). The van der Waals surface area contributed by atoms with E-state index in [1.54, 1.807) is 0 Å². The van der Waals surface area contributed by atoms with Gasteiger partial charge in [-0.3, -0.25) is 0 Å². The summed E-state index contributed by atoms with van der Waals surface area (Å²) >= 11 is -2.47. The van der Waals surface area contributed by atoms with E-state index in [1.807, 2.05) is 6.92 Å². The third kappa shape index (κ3) is 4.67. The van der Waals surface area contributed by atoms with Gasteiger partial charge in [0.25, 0.3) is 0 Å². The van der Waals surface area contributed by atoms with Crippen LogP contribution in [0.3, 0.4) is 0 Å². The van der Waals surface area contributed by atoms with Gasteiger partial charge in [0, 0.05) is 0 Å². The van der Waals surface area contributed by atoms with Gasteiger partial charge in [0.15, 0.2) is 0 Å². The molecule has 0 aromatic carbocycles. The van der Waals surface area contributed by atoms with E-state index in [0.717, 1.165) is 8.87 Å². The van der Waals surface area contributed by atoms with Crippen molar-refractivity contribution in [3.63, 3.8) is 0 Å². The molecule has 0 aliphatic heterocycles. The van der Waals surface area contributed by atoms with Gasteiger partial charge < -0.3 is 0 Å². The molecule has 0 unspecified atom stereocenters. The Labute approximate surface area is 92.8 Å². The van der Waals surface area contributed by atoms with E-state index >= 15 is 0 Å². The Kier molecular flexibility index (Phi) is 7.69. The van der Waals surface area contributed by atoms with E-state index in [0.29, 0.717) is 6.42 Å². The standard InChI is InChI=1S/C4H9.C3H6O2.2C2H5.Sn/c1-3-4-2;1-2-3(4)5;2*1-2;/h1,3-4H2,2H3;2H2,1H3,(H,4,5);2*1H2,2H3;/q;;;;+1/p-1. The van der Waals surface area contributed by atoms with Gasteiger partial charge in [-0.25, -0.2) is 0 Å². The Hall–Kier alpha value is 0.269. The van der Waals surface area contributed by atoms with Crippen molar-refractivity contribution in [2.45, 2.75) is 60.3 Å². The maximum atomic E-state index is 11.3. The van der Waals surface area contributed by atoms with Crippen LogP contribution in [0.25, 0.3) is 0 Å². The first kappa shape index (κ1) is 14.3. The van der Waals surface area contributed by atoms with E-state index in [1.165, 1.54) is 17.3 Å². The molecule has 0 amide bonds. The van der Waals surface area contributed by atoms with Crippen LogP contribution in [0.5, 0.6) is 0 Å². The number of hydrogen-bond donors (Lipinski definition) is 0. The third-order valence-electron chi connectivity index (χ3n) is 2.89. The van der Waals surface area contributed by atoms with Crippen molar-refractivity contribution in [2.24, 2.45) is 0 Å². The quantitative estimate of drug-likeness (QED) is 0.670. The first-order chi connectivity index (χ1) is 6.64. The minimum absolute atomic E-state index is 0.0283. The number of hydrogen-bond acceptors (Lipinski definition) is 2. The molecule has 0 atom stereocenters. The molecular formula is C11H24O2Sn. The molecule has 84 valence electrons. The fraction of sp³-hybridized carbons (Fsp3) is 0.909. The van der Waals surface area contributed by atoms with Crippen LogP contribution < -0.4 is 0 Å². The fourth-order valence-corrected chi connectivity index (χ4v) is 10.8. The molecule has 2 nitrogen and oxygen atoms in total. The summed E-state index contributed by atoms with van der Waals surface area (Å²) in [5, 5.41) is 0. The van der Waals surface area contributed by atoms with Gasteiger partial charge in [0.1, 0.15) is 0 Å². The predicted octanol–water partition coefficient (Wildman–Crippen LogP) is 3.73. The molecule has 0 fully saturated rings. The van der Waals surface area contributed by atoms with Crippen molar-refractivity contribution in [3.05, 3.63) is 0 Å². The summed E-state index contributed by atoms with van der Waals surface area (Å²) in [6.07, 6.45) is 2.97. The van der Waals surface area contributed by atoms with Crippen LogP contribution in [0.2, 0.25) is 13.3 Å².